The van der Waals surface area contributed by atoms with Crippen LogP contribution in [0.3, 0.4) is 0 Å². The average Bonchev–Trinajstić information content (AvgIpc) is 2.62. The Labute approximate surface area is 146 Å². The molecule has 0 saturated carbocycles. The van der Waals surface area contributed by atoms with Gasteiger partial charge >= 0.3 is 11.8 Å². The normalized spacial score (nSPS) is 15.4. The van der Waals surface area contributed by atoms with Crippen molar-refractivity contribution in [3.8, 4) is 11.5 Å². The summed E-state index contributed by atoms with van der Waals surface area (Å²) in [6, 6.07) is 13.0. The highest BCUT2D eigenvalue weighted by Gasteiger charge is 2.23. The van der Waals surface area contributed by atoms with E-state index in [2.05, 4.69) is 10.6 Å². The number of carbonyl (C=O) groups is 2. The Hall–Kier alpha value is -3.02. The van der Waals surface area contributed by atoms with Crippen molar-refractivity contribution in [2.24, 2.45) is 0 Å². The molecule has 0 radical (unpaired) electrons. The zero-order chi connectivity index (χ0) is 17.8. The van der Waals surface area contributed by atoms with Gasteiger partial charge in [-0.1, -0.05) is 30.3 Å². The summed E-state index contributed by atoms with van der Waals surface area (Å²) < 4.78 is 11.3. The second kappa shape index (κ2) is 7.25. The molecular weight excluding hydrogens is 320 g/mol. The number of fused-ring (bicyclic) bond motifs is 1. The Kier molecular flexibility index (Phi) is 4.88. The number of amides is 2. The topological polar surface area (TPSA) is 76.7 Å². The Balaban J connectivity index is 1.54. The van der Waals surface area contributed by atoms with Gasteiger partial charge in [0, 0.05) is 5.69 Å². The molecule has 0 spiro atoms. The summed E-state index contributed by atoms with van der Waals surface area (Å²) in [7, 11) is 0. The summed E-state index contributed by atoms with van der Waals surface area (Å²) in [4.78, 5) is 24.1. The van der Waals surface area contributed by atoms with Crippen molar-refractivity contribution in [1.82, 2.24) is 5.32 Å². The van der Waals surface area contributed by atoms with E-state index >= 15 is 0 Å². The van der Waals surface area contributed by atoms with Crippen LogP contribution in [0.15, 0.2) is 42.5 Å². The summed E-state index contributed by atoms with van der Waals surface area (Å²) in [5.74, 6) is -0.0922. The van der Waals surface area contributed by atoms with E-state index in [9.17, 15) is 9.59 Å². The van der Waals surface area contributed by atoms with Crippen molar-refractivity contribution in [2.45, 2.75) is 20.0 Å². The van der Waals surface area contributed by atoms with Gasteiger partial charge in [-0.2, -0.15) is 0 Å². The first-order valence-corrected chi connectivity index (χ1v) is 8.08. The fourth-order valence-electron chi connectivity index (χ4n) is 2.63. The lowest BCUT2D eigenvalue weighted by Gasteiger charge is -2.26. The van der Waals surface area contributed by atoms with Crippen molar-refractivity contribution >= 4 is 17.5 Å². The molecular formula is C19H20N2O4. The lowest BCUT2D eigenvalue weighted by atomic mass is 10.1. The summed E-state index contributed by atoms with van der Waals surface area (Å²) in [5, 5.41) is 5.24. The number of hydrogen-bond donors (Lipinski definition) is 2. The molecule has 130 valence electrons. The average molecular weight is 340 g/mol. The second-order valence-electron chi connectivity index (χ2n) is 5.93. The summed E-state index contributed by atoms with van der Waals surface area (Å²) in [6.45, 7) is 4.26. The number of rotatable bonds is 3. The highest BCUT2D eigenvalue weighted by Crippen LogP contribution is 2.30. The van der Waals surface area contributed by atoms with Crippen molar-refractivity contribution in [1.29, 1.82) is 0 Å². The third kappa shape index (κ3) is 3.91. The van der Waals surface area contributed by atoms with Crippen LogP contribution in [-0.2, 0) is 9.59 Å². The van der Waals surface area contributed by atoms with E-state index in [1.807, 2.05) is 50.2 Å². The minimum atomic E-state index is -0.704. The van der Waals surface area contributed by atoms with Crippen LogP contribution < -0.4 is 20.1 Å². The van der Waals surface area contributed by atoms with Crippen molar-refractivity contribution < 1.29 is 19.1 Å². The molecule has 3 rings (SSSR count). The first-order valence-electron chi connectivity index (χ1n) is 8.08. The molecule has 2 N–H and O–H groups in total. The van der Waals surface area contributed by atoms with E-state index in [1.54, 1.807) is 6.07 Å². The largest absolute Gasteiger partial charge is 0.486 e. The van der Waals surface area contributed by atoms with E-state index in [-0.39, 0.29) is 12.6 Å². The standard InChI is InChI=1S/C19H20N2O4/c1-12-6-5-7-13(2)17(12)21-19(23)18(22)20-10-14-11-24-15-8-3-4-9-16(15)25-14/h3-9,14H,10-11H2,1-2H3,(H,20,22)(H,21,23). The first kappa shape index (κ1) is 16.8. The van der Waals surface area contributed by atoms with E-state index in [4.69, 9.17) is 9.47 Å². The molecule has 25 heavy (non-hydrogen) atoms. The van der Waals surface area contributed by atoms with Crippen molar-refractivity contribution in [2.75, 3.05) is 18.5 Å². The zero-order valence-electron chi connectivity index (χ0n) is 14.2. The number of anilines is 1. The van der Waals surface area contributed by atoms with Crippen LogP contribution in [0.1, 0.15) is 11.1 Å². The van der Waals surface area contributed by atoms with Crippen LogP contribution in [0.4, 0.5) is 5.69 Å². The van der Waals surface area contributed by atoms with Crippen LogP contribution in [0.5, 0.6) is 11.5 Å². The Bertz CT molecular complexity index is 784. The molecule has 0 bridgehead atoms. The minimum Gasteiger partial charge on any atom is -0.486 e. The molecule has 1 heterocycles. The first-order chi connectivity index (χ1) is 12.0. The molecule has 1 aliphatic rings. The van der Waals surface area contributed by atoms with Gasteiger partial charge in [0.05, 0.1) is 6.54 Å². The lowest BCUT2D eigenvalue weighted by Crippen LogP contribution is -2.44. The van der Waals surface area contributed by atoms with E-state index < -0.39 is 11.8 Å². The predicted octanol–water partition coefficient (Wildman–Crippen LogP) is 2.20. The Morgan fingerprint density at radius 1 is 1.00 bits per heavy atom. The quantitative estimate of drug-likeness (QED) is 0.840. The van der Waals surface area contributed by atoms with Gasteiger partial charge in [0.2, 0.25) is 0 Å². The Morgan fingerprint density at radius 3 is 2.40 bits per heavy atom. The van der Waals surface area contributed by atoms with Gasteiger partial charge in [0.15, 0.2) is 11.5 Å². The molecule has 0 saturated heterocycles. The molecule has 2 aromatic carbocycles. The van der Waals surface area contributed by atoms with Gasteiger partial charge in [-0.05, 0) is 37.1 Å². The van der Waals surface area contributed by atoms with Gasteiger partial charge < -0.3 is 20.1 Å². The van der Waals surface area contributed by atoms with Gasteiger partial charge in [0.25, 0.3) is 0 Å². The molecule has 1 unspecified atom stereocenters. The van der Waals surface area contributed by atoms with Crippen LogP contribution in [0, 0.1) is 13.8 Å². The highest BCUT2D eigenvalue weighted by molar-refractivity contribution is 6.39. The fourth-order valence-corrected chi connectivity index (χ4v) is 2.63. The van der Waals surface area contributed by atoms with Crippen molar-refractivity contribution in [3.05, 3.63) is 53.6 Å². The molecule has 2 amide bonds. The number of hydrogen-bond acceptors (Lipinski definition) is 4. The predicted molar refractivity (Wildman–Crippen MR) is 93.9 cm³/mol. The van der Waals surface area contributed by atoms with E-state index in [0.29, 0.717) is 23.8 Å². The van der Waals surface area contributed by atoms with E-state index in [1.165, 1.54) is 0 Å². The number of ether oxygens (including phenoxy) is 2. The number of nitrogens with one attached hydrogen (secondary N) is 2. The minimum absolute atomic E-state index is 0.188. The summed E-state index contributed by atoms with van der Waals surface area (Å²) in [6.07, 6.45) is -0.341. The van der Waals surface area contributed by atoms with Crippen molar-refractivity contribution in [3.63, 3.8) is 0 Å². The summed E-state index contributed by atoms with van der Waals surface area (Å²) in [5.41, 5.74) is 2.47. The highest BCUT2D eigenvalue weighted by atomic mass is 16.6. The van der Waals surface area contributed by atoms with E-state index in [0.717, 1.165) is 11.1 Å². The molecule has 6 heteroatoms. The second-order valence-corrected chi connectivity index (χ2v) is 5.93. The van der Waals surface area contributed by atoms with Gasteiger partial charge in [-0.15, -0.1) is 0 Å². The smallest absolute Gasteiger partial charge is 0.313 e. The number of carbonyl (C=O) groups excluding carboxylic acids is 2. The van der Waals surface area contributed by atoms with Gasteiger partial charge in [0.1, 0.15) is 12.7 Å². The Morgan fingerprint density at radius 2 is 1.68 bits per heavy atom. The molecule has 2 aromatic rings. The van der Waals surface area contributed by atoms with Crippen LogP contribution in [0.25, 0.3) is 0 Å². The van der Waals surface area contributed by atoms with Crippen LogP contribution in [-0.4, -0.2) is 31.1 Å². The van der Waals surface area contributed by atoms with Crippen LogP contribution in [0.2, 0.25) is 0 Å². The lowest BCUT2D eigenvalue weighted by molar-refractivity contribution is -0.136. The third-order valence-electron chi connectivity index (χ3n) is 3.98. The molecule has 1 atom stereocenters. The molecule has 6 nitrogen and oxygen atoms in total. The fraction of sp³-hybridized carbons (Fsp3) is 0.263. The summed E-state index contributed by atoms with van der Waals surface area (Å²) >= 11 is 0. The maximum absolute atomic E-state index is 12.1. The number of para-hydroxylation sites is 3. The zero-order valence-corrected chi connectivity index (χ0v) is 14.2. The van der Waals surface area contributed by atoms with Gasteiger partial charge in [-0.25, -0.2) is 0 Å². The third-order valence-corrected chi connectivity index (χ3v) is 3.98. The SMILES string of the molecule is Cc1cccc(C)c1NC(=O)C(=O)NCC1COc2ccccc2O1. The monoisotopic (exact) mass is 340 g/mol. The molecule has 0 aliphatic carbocycles. The maximum Gasteiger partial charge on any atom is 0.313 e. The number of aryl methyl sites for hydroxylation is 2. The number of benzene rings is 2. The van der Waals surface area contributed by atoms with Crippen LogP contribution >= 0.6 is 0 Å². The van der Waals surface area contributed by atoms with Gasteiger partial charge in [-0.3, -0.25) is 9.59 Å². The maximum atomic E-state index is 12.1. The molecule has 0 fully saturated rings. The molecule has 0 aromatic heterocycles. The molecule has 1 aliphatic heterocycles.